The van der Waals surface area contributed by atoms with E-state index in [9.17, 15) is 4.79 Å². The van der Waals surface area contributed by atoms with Crippen LogP contribution in [0.5, 0.6) is 5.75 Å². The van der Waals surface area contributed by atoms with Crippen molar-refractivity contribution in [3.8, 4) is 5.75 Å². The summed E-state index contributed by atoms with van der Waals surface area (Å²) in [6.45, 7) is 0.981. The lowest BCUT2D eigenvalue weighted by molar-refractivity contribution is 0.202. The van der Waals surface area contributed by atoms with Crippen LogP contribution in [0.1, 0.15) is 0 Å². The van der Waals surface area contributed by atoms with Gasteiger partial charge in [0.2, 0.25) is 0 Å². The minimum atomic E-state index is -0.967. The zero-order valence-corrected chi connectivity index (χ0v) is 9.20. The molecule has 16 heavy (non-hydrogen) atoms. The molecule has 5 nitrogen and oxygen atoms in total. The monoisotopic (exact) mass is 242 g/mol. The van der Waals surface area contributed by atoms with Gasteiger partial charge >= 0.3 is 6.09 Å². The van der Waals surface area contributed by atoms with Crippen LogP contribution in [0, 0.1) is 0 Å². The third-order valence-corrected chi connectivity index (χ3v) is 2.48. The number of rotatable bonds is 2. The summed E-state index contributed by atoms with van der Waals surface area (Å²) in [5.41, 5.74) is 1.28. The van der Waals surface area contributed by atoms with E-state index in [4.69, 9.17) is 21.4 Å². The van der Waals surface area contributed by atoms with Crippen molar-refractivity contribution in [3.05, 3.63) is 18.2 Å². The number of hydrogen-bond donors (Lipinski definition) is 2. The number of nitrogens with one attached hydrogen (secondary N) is 1. The van der Waals surface area contributed by atoms with Crippen molar-refractivity contribution in [2.45, 2.75) is 0 Å². The molecule has 86 valence electrons. The Kier molecular flexibility index (Phi) is 3.05. The maximum Gasteiger partial charge on any atom is 0.411 e. The van der Waals surface area contributed by atoms with Gasteiger partial charge in [-0.1, -0.05) is 17.7 Å². The number of nitrogens with zero attached hydrogens (tertiary/aromatic N) is 1. The number of anilines is 2. The van der Waals surface area contributed by atoms with Gasteiger partial charge in [-0.05, 0) is 12.1 Å². The molecular formula is C10H11ClN2O3. The normalized spacial score (nSPS) is 13.9. The number of ether oxygens (including phenoxy) is 1. The van der Waals surface area contributed by atoms with Gasteiger partial charge in [0.05, 0.1) is 5.69 Å². The first-order valence-electron chi connectivity index (χ1n) is 4.80. The lowest BCUT2D eigenvalue weighted by atomic mass is 10.2. The molecule has 1 aromatic rings. The summed E-state index contributed by atoms with van der Waals surface area (Å²) in [6, 6.07) is 5.26. The van der Waals surface area contributed by atoms with Gasteiger partial charge in [0.1, 0.15) is 11.4 Å². The van der Waals surface area contributed by atoms with E-state index in [2.05, 4.69) is 5.32 Å². The molecule has 0 saturated carbocycles. The molecule has 2 rings (SSSR count). The van der Waals surface area contributed by atoms with E-state index in [0.717, 1.165) is 0 Å². The molecule has 0 spiro atoms. The highest BCUT2D eigenvalue weighted by molar-refractivity contribution is 6.17. The maximum atomic E-state index is 11.0. The number of carbonyl (C=O) groups is 1. The van der Waals surface area contributed by atoms with Gasteiger partial charge in [-0.3, -0.25) is 4.90 Å². The zero-order chi connectivity index (χ0) is 11.5. The molecule has 0 radical (unpaired) electrons. The number of amides is 1. The SMILES string of the molecule is O=C(O)N1CCNc2c(OCCl)cccc21. The quantitative estimate of drug-likeness (QED) is 0.781. The van der Waals surface area contributed by atoms with E-state index < -0.39 is 6.09 Å². The number of benzene rings is 1. The van der Waals surface area contributed by atoms with Crippen LogP contribution in [-0.2, 0) is 0 Å². The van der Waals surface area contributed by atoms with Crippen molar-refractivity contribution in [3.63, 3.8) is 0 Å². The second-order valence-electron chi connectivity index (χ2n) is 3.26. The van der Waals surface area contributed by atoms with Gasteiger partial charge in [0.15, 0.2) is 6.07 Å². The van der Waals surface area contributed by atoms with Crippen LogP contribution in [0.4, 0.5) is 16.2 Å². The predicted molar refractivity (Wildman–Crippen MR) is 61.7 cm³/mol. The summed E-state index contributed by atoms with van der Waals surface area (Å²) in [4.78, 5) is 12.3. The average molecular weight is 243 g/mol. The molecule has 6 heteroatoms. The number of fused-ring (bicyclic) bond motifs is 1. The molecule has 1 aromatic carbocycles. The Bertz CT molecular complexity index is 411. The van der Waals surface area contributed by atoms with Gasteiger partial charge < -0.3 is 15.2 Å². The fraction of sp³-hybridized carbons (Fsp3) is 0.300. The average Bonchev–Trinajstić information content (AvgIpc) is 2.29. The summed E-state index contributed by atoms with van der Waals surface area (Å²) < 4.78 is 5.22. The number of para-hydroxylation sites is 1. The van der Waals surface area contributed by atoms with Crippen LogP contribution in [0.15, 0.2) is 18.2 Å². The first-order valence-corrected chi connectivity index (χ1v) is 5.33. The van der Waals surface area contributed by atoms with Crippen molar-refractivity contribution in [2.75, 3.05) is 29.4 Å². The van der Waals surface area contributed by atoms with Gasteiger partial charge in [0, 0.05) is 13.1 Å². The van der Waals surface area contributed by atoms with Crippen LogP contribution in [-0.4, -0.2) is 30.4 Å². The molecule has 0 fully saturated rings. The number of halogens is 1. The topological polar surface area (TPSA) is 61.8 Å². The van der Waals surface area contributed by atoms with Gasteiger partial charge in [-0.25, -0.2) is 4.79 Å². The van der Waals surface area contributed by atoms with Crippen LogP contribution in [0.25, 0.3) is 0 Å². The minimum Gasteiger partial charge on any atom is -0.476 e. The summed E-state index contributed by atoms with van der Waals surface area (Å²) in [7, 11) is 0. The van der Waals surface area contributed by atoms with Crippen molar-refractivity contribution < 1.29 is 14.6 Å². The molecule has 2 N–H and O–H groups in total. The van der Waals surface area contributed by atoms with Crippen LogP contribution in [0.2, 0.25) is 0 Å². The second-order valence-corrected chi connectivity index (χ2v) is 3.48. The Labute approximate surface area is 97.6 Å². The Balaban J connectivity index is 2.42. The van der Waals surface area contributed by atoms with E-state index in [1.165, 1.54) is 4.90 Å². The molecule has 0 unspecified atom stereocenters. The lowest BCUT2D eigenvalue weighted by Gasteiger charge is -2.29. The molecule has 0 atom stereocenters. The summed E-state index contributed by atoms with van der Waals surface area (Å²) >= 11 is 5.50. The fourth-order valence-electron chi connectivity index (χ4n) is 1.71. The highest BCUT2D eigenvalue weighted by Crippen LogP contribution is 2.37. The minimum absolute atomic E-state index is 0.0329. The third kappa shape index (κ3) is 1.86. The van der Waals surface area contributed by atoms with Gasteiger partial charge in [0.25, 0.3) is 0 Å². The summed E-state index contributed by atoms with van der Waals surface area (Å²) in [5, 5.41) is 12.1. The first kappa shape index (κ1) is 10.9. The van der Waals surface area contributed by atoms with Crippen LogP contribution >= 0.6 is 11.6 Å². The van der Waals surface area contributed by atoms with Crippen molar-refractivity contribution in [1.82, 2.24) is 0 Å². The first-order chi connectivity index (χ1) is 7.74. The summed E-state index contributed by atoms with van der Waals surface area (Å²) in [5.74, 6) is 0.568. The van der Waals surface area contributed by atoms with Gasteiger partial charge in [-0.2, -0.15) is 0 Å². The maximum absolute atomic E-state index is 11.0. The van der Waals surface area contributed by atoms with Gasteiger partial charge in [-0.15, -0.1) is 0 Å². The molecule has 0 bridgehead atoms. The molecule has 1 heterocycles. The Morgan fingerprint density at radius 3 is 3.12 bits per heavy atom. The molecule has 0 saturated heterocycles. The Morgan fingerprint density at radius 1 is 1.62 bits per heavy atom. The second kappa shape index (κ2) is 4.49. The smallest absolute Gasteiger partial charge is 0.411 e. The van der Waals surface area contributed by atoms with E-state index in [-0.39, 0.29) is 6.07 Å². The summed E-state index contributed by atoms with van der Waals surface area (Å²) in [6.07, 6.45) is -0.967. The van der Waals surface area contributed by atoms with Crippen LogP contribution in [0.3, 0.4) is 0 Å². The zero-order valence-electron chi connectivity index (χ0n) is 8.44. The molecule has 1 aliphatic rings. The molecule has 0 aliphatic carbocycles. The third-order valence-electron chi connectivity index (χ3n) is 2.37. The molecular weight excluding hydrogens is 232 g/mol. The number of hydrogen-bond acceptors (Lipinski definition) is 3. The van der Waals surface area contributed by atoms with E-state index in [1.54, 1.807) is 18.2 Å². The highest BCUT2D eigenvalue weighted by Gasteiger charge is 2.23. The molecule has 0 aromatic heterocycles. The predicted octanol–water partition coefficient (Wildman–Crippen LogP) is 2.17. The fourth-order valence-corrected chi connectivity index (χ4v) is 1.83. The number of alkyl halides is 1. The lowest BCUT2D eigenvalue weighted by Crippen LogP contribution is -2.37. The largest absolute Gasteiger partial charge is 0.476 e. The van der Waals surface area contributed by atoms with Crippen molar-refractivity contribution >= 4 is 29.1 Å². The van der Waals surface area contributed by atoms with E-state index in [1.807, 2.05) is 0 Å². The van der Waals surface area contributed by atoms with Crippen LogP contribution < -0.4 is 15.0 Å². The standard InChI is InChI=1S/C10H11ClN2O3/c11-6-16-8-3-1-2-7-9(8)12-4-5-13(7)10(14)15/h1-3,12H,4-6H2,(H,14,15). The number of carboxylic acid groups (broad SMARTS) is 1. The van der Waals surface area contributed by atoms with Crippen molar-refractivity contribution in [2.24, 2.45) is 0 Å². The molecule has 1 amide bonds. The van der Waals surface area contributed by atoms with E-state index in [0.29, 0.717) is 30.2 Å². The Hall–Kier alpha value is -1.62. The highest BCUT2D eigenvalue weighted by atomic mass is 35.5. The van der Waals surface area contributed by atoms with E-state index >= 15 is 0 Å². The van der Waals surface area contributed by atoms with Crippen molar-refractivity contribution in [1.29, 1.82) is 0 Å². The molecule has 1 aliphatic heterocycles. The Morgan fingerprint density at radius 2 is 2.44 bits per heavy atom.